The van der Waals surface area contributed by atoms with Gasteiger partial charge in [0.1, 0.15) is 11.5 Å². The van der Waals surface area contributed by atoms with Crippen molar-refractivity contribution >= 4 is 47.0 Å². The highest BCUT2D eigenvalue weighted by Gasteiger charge is 2.40. The molecule has 0 saturated heterocycles. The number of nitrogens with zero attached hydrogens (tertiary/aromatic N) is 2. The fourth-order valence-electron chi connectivity index (χ4n) is 5.56. The Kier molecular flexibility index (Phi) is 6.63. The van der Waals surface area contributed by atoms with Gasteiger partial charge in [0.15, 0.2) is 0 Å². The zero-order valence-corrected chi connectivity index (χ0v) is 22.0. The van der Waals surface area contributed by atoms with E-state index in [0.29, 0.717) is 51.7 Å². The normalized spacial score (nSPS) is 25.7. The van der Waals surface area contributed by atoms with Crippen LogP contribution in [0, 0.1) is 5.92 Å². The van der Waals surface area contributed by atoms with E-state index in [-0.39, 0.29) is 12.0 Å². The van der Waals surface area contributed by atoms with Gasteiger partial charge in [-0.3, -0.25) is 4.98 Å². The van der Waals surface area contributed by atoms with Gasteiger partial charge in [-0.15, -0.1) is 0 Å². The number of rotatable bonds is 6. The van der Waals surface area contributed by atoms with E-state index in [9.17, 15) is 5.11 Å². The van der Waals surface area contributed by atoms with Crippen molar-refractivity contribution in [2.24, 2.45) is 5.92 Å². The second kappa shape index (κ2) is 9.77. The molecule has 0 amide bonds. The van der Waals surface area contributed by atoms with E-state index < -0.39 is 5.60 Å². The van der Waals surface area contributed by atoms with E-state index in [2.05, 4.69) is 22.3 Å². The summed E-state index contributed by atoms with van der Waals surface area (Å²) in [5.41, 5.74) is 1.51. The average Bonchev–Trinajstić information content (AvgIpc) is 3.64. The van der Waals surface area contributed by atoms with E-state index in [4.69, 9.17) is 44.1 Å². The predicted octanol–water partition coefficient (Wildman–Crippen LogP) is 6.05. The molecule has 2 aromatic heterocycles. The smallest absolute Gasteiger partial charge is 0.145 e. The number of aromatic nitrogens is 2. The van der Waals surface area contributed by atoms with Gasteiger partial charge in [-0.05, 0) is 63.1 Å². The first-order valence-electron chi connectivity index (χ1n) is 12.5. The first kappa shape index (κ1) is 24.4. The number of halogens is 3. The molecule has 5 nitrogen and oxygen atoms in total. The van der Waals surface area contributed by atoms with Crippen LogP contribution in [0.1, 0.15) is 62.2 Å². The fraction of sp³-hybridized carbons (Fsp3) is 0.429. The minimum atomic E-state index is -0.773. The molecule has 1 aromatic carbocycles. The molecule has 2 saturated carbocycles. The third-order valence-corrected chi connectivity index (χ3v) is 8.78. The number of fused-ring (bicyclic) bond motifs is 1. The van der Waals surface area contributed by atoms with Crippen molar-refractivity contribution < 1.29 is 14.4 Å². The first-order chi connectivity index (χ1) is 17.4. The lowest BCUT2D eigenvalue weighted by Crippen LogP contribution is -2.45. The number of hydrogen-bond donors (Lipinski definition) is 1. The molecule has 3 aromatic rings. The molecule has 1 unspecified atom stereocenters. The van der Waals surface area contributed by atoms with Crippen molar-refractivity contribution in [2.45, 2.75) is 69.2 Å². The van der Waals surface area contributed by atoms with Gasteiger partial charge in [0.25, 0.3) is 0 Å². The maximum absolute atomic E-state index is 11.5. The van der Waals surface area contributed by atoms with Crippen molar-refractivity contribution in [2.75, 3.05) is 0 Å². The fourth-order valence-corrected chi connectivity index (χ4v) is 6.36. The molecule has 0 aliphatic heterocycles. The molecule has 1 N–H and O–H groups in total. The summed E-state index contributed by atoms with van der Waals surface area (Å²) in [6.07, 6.45) is 11.8. The largest absolute Gasteiger partial charge is 0.389 e. The highest BCUT2D eigenvalue weighted by Crippen LogP contribution is 2.46. The molecular formula is C28H27Cl3N2O3. The maximum atomic E-state index is 11.5. The van der Waals surface area contributed by atoms with Crippen molar-refractivity contribution in [1.29, 1.82) is 0 Å². The molecule has 3 aliphatic carbocycles. The molecule has 6 rings (SSSR count). The minimum Gasteiger partial charge on any atom is -0.389 e. The second-order valence-electron chi connectivity index (χ2n) is 10.2. The number of hydrogen-bond acceptors (Lipinski definition) is 5. The van der Waals surface area contributed by atoms with Crippen molar-refractivity contribution in [3.05, 3.63) is 67.4 Å². The Morgan fingerprint density at radius 1 is 1.03 bits per heavy atom. The molecule has 2 heterocycles. The molecule has 0 bridgehead atoms. The molecule has 2 fully saturated rings. The highest BCUT2D eigenvalue weighted by molar-refractivity contribution is 6.39. The van der Waals surface area contributed by atoms with Crippen LogP contribution in [0.15, 0.2) is 35.0 Å². The predicted molar refractivity (Wildman–Crippen MR) is 141 cm³/mol. The van der Waals surface area contributed by atoms with Crippen LogP contribution in [0.25, 0.3) is 23.4 Å². The zero-order valence-electron chi connectivity index (χ0n) is 19.7. The average molecular weight is 546 g/mol. The number of ether oxygens (including phenoxy) is 1. The summed E-state index contributed by atoms with van der Waals surface area (Å²) in [5, 5.41) is 19.5. The molecule has 36 heavy (non-hydrogen) atoms. The summed E-state index contributed by atoms with van der Waals surface area (Å²) in [6, 6.07) is 7.24. The van der Waals surface area contributed by atoms with Crippen molar-refractivity contribution in [1.82, 2.24) is 10.1 Å². The zero-order chi connectivity index (χ0) is 24.9. The van der Waals surface area contributed by atoms with Gasteiger partial charge < -0.3 is 14.4 Å². The van der Waals surface area contributed by atoms with E-state index >= 15 is 0 Å². The van der Waals surface area contributed by atoms with Gasteiger partial charge in [-0.1, -0.05) is 58.2 Å². The van der Waals surface area contributed by atoms with Crippen LogP contribution in [0.2, 0.25) is 15.1 Å². The Hall–Kier alpha value is -1.89. The topological polar surface area (TPSA) is 68.4 Å². The summed E-state index contributed by atoms with van der Waals surface area (Å²) in [6.45, 7) is 0.383. The Bertz CT molecular complexity index is 1390. The molecule has 3 aliphatic rings. The summed E-state index contributed by atoms with van der Waals surface area (Å²) in [4.78, 5) is 4.46. The van der Waals surface area contributed by atoms with Gasteiger partial charge in [0, 0.05) is 34.4 Å². The lowest BCUT2D eigenvalue weighted by molar-refractivity contribution is -0.0772. The lowest BCUT2D eigenvalue weighted by Gasteiger charge is -2.40. The van der Waals surface area contributed by atoms with E-state index in [1.807, 2.05) is 18.2 Å². The van der Waals surface area contributed by atoms with Gasteiger partial charge in [-0.25, -0.2) is 0 Å². The van der Waals surface area contributed by atoms with Crippen LogP contribution in [0.5, 0.6) is 0 Å². The quantitative estimate of drug-likeness (QED) is 0.409. The van der Waals surface area contributed by atoms with E-state index in [0.717, 1.165) is 54.0 Å². The molecule has 1 atom stereocenters. The van der Waals surface area contributed by atoms with Crippen LogP contribution in [-0.4, -0.2) is 27.0 Å². The number of benzene rings is 1. The standard InChI is InChI=1S/C28H27Cl3N2O3/c29-21-10-13-32-24-14-17(6-7-19(21)24)28(34)11-8-18(9-12-28)35-15-20-26(33-36-27(20)16-4-5-16)25-22(30)2-1-3-23(25)31/h1-3,7,10,13-14,16-18,34H,4-6,8-9,11-12,15H2. The van der Waals surface area contributed by atoms with Gasteiger partial charge in [0.05, 0.1) is 38.7 Å². The van der Waals surface area contributed by atoms with Crippen LogP contribution >= 0.6 is 34.8 Å². The number of pyridine rings is 1. The van der Waals surface area contributed by atoms with E-state index in [1.165, 1.54) is 0 Å². The second-order valence-corrected chi connectivity index (χ2v) is 11.4. The molecule has 0 spiro atoms. The van der Waals surface area contributed by atoms with Gasteiger partial charge in [0.2, 0.25) is 0 Å². The van der Waals surface area contributed by atoms with Crippen molar-refractivity contribution in [3.63, 3.8) is 0 Å². The van der Waals surface area contributed by atoms with Crippen LogP contribution < -0.4 is 10.6 Å². The van der Waals surface area contributed by atoms with Gasteiger partial charge >= 0.3 is 0 Å². The maximum Gasteiger partial charge on any atom is 0.145 e. The number of aliphatic hydroxyl groups is 1. The summed E-state index contributed by atoms with van der Waals surface area (Å²) >= 11 is 19.3. The third-order valence-electron chi connectivity index (χ3n) is 7.82. The van der Waals surface area contributed by atoms with E-state index in [1.54, 1.807) is 12.3 Å². The first-order valence-corrected chi connectivity index (χ1v) is 13.7. The molecule has 8 heteroatoms. The Balaban J connectivity index is 1.16. The minimum absolute atomic E-state index is 0.0189. The SMILES string of the molecule is OC1(C2C=c3nccc(Cl)c3=CC2)CCC(OCc2c(-c3c(Cl)cccc3Cl)noc2C2CC2)CC1. The monoisotopic (exact) mass is 544 g/mol. The third kappa shape index (κ3) is 4.61. The lowest BCUT2D eigenvalue weighted by atomic mass is 9.72. The van der Waals surface area contributed by atoms with Gasteiger partial charge in [-0.2, -0.15) is 0 Å². The van der Waals surface area contributed by atoms with Crippen LogP contribution in [0.4, 0.5) is 0 Å². The molecule has 0 radical (unpaired) electrons. The highest BCUT2D eigenvalue weighted by atomic mass is 35.5. The van der Waals surface area contributed by atoms with Crippen molar-refractivity contribution in [3.8, 4) is 11.3 Å². The Labute approximate surface area is 224 Å². The molecule has 188 valence electrons. The van der Waals surface area contributed by atoms with Crippen LogP contribution in [0.3, 0.4) is 0 Å². The summed E-state index contributed by atoms with van der Waals surface area (Å²) < 4.78 is 12.2. The Morgan fingerprint density at radius 2 is 1.78 bits per heavy atom. The summed E-state index contributed by atoms with van der Waals surface area (Å²) in [7, 11) is 0. The summed E-state index contributed by atoms with van der Waals surface area (Å²) in [5.74, 6) is 1.28. The molecular weight excluding hydrogens is 519 g/mol. The van der Waals surface area contributed by atoms with Crippen LogP contribution in [-0.2, 0) is 11.3 Å². The Morgan fingerprint density at radius 3 is 2.50 bits per heavy atom.